The number of ether oxygens (including phenoxy) is 1. The van der Waals surface area contributed by atoms with Crippen molar-refractivity contribution in [3.63, 3.8) is 0 Å². The molecule has 2 fully saturated rings. The molecule has 134 valence electrons. The zero-order valence-electron chi connectivity index (χ0n) is 14.4. The van der Waals surface area contributed by atoms with Gasteiger partial charge in [-0.25, -0.2) is 0 Å². The van der Waals surface area contributed by atoms with Gasteiger partial charge in [-0.1, -0.05) is 0 Å². The number of fused-ring (bicyclic) bond motifs is 1. The first-order valence-electron chi connectivity index (χ1n) is 8.77. The maximum absolute atomic E-state index is 12.6. The van der Waals surface area contributed by atoms with Crippen LogP contribution in [0.2, 0.25) is 0 Å². The Morgan fingerprint density at radius 1 is 1.40 bits per heavy atom. The molecule has 1 N–H and O–H groups in total. The molecule has 1 amide bonds. The van der Waals surface area contributed by atoms with Gasteiger partial charge in [0.05, 0.1) is 38.1 Å². The van der Waals surface area contributed by atoms with Crippen molar-refractivity contribution < 1.29 is 13.9 Å². The number of furan rings is 1. The van der Waals surface area contributed by atoms with E-state index >= 15 is 0 Å². The second kappa shape index (κ2) is 7.01. The Hall–Kier alpha value is -2.12. The minimum absolute atomic E-state index is 0.0642. The van der Waals surface area contributed by atoms with Crippen molar-refractivity contribution >= 4 is 5.91 Å². The summed E-state index contributed by atoms with van der Waals surface area (Å²) in [6, 6.07) is 3.69. The number of nitrogens with zero attached hydrogens (tertiary/aromatic N) is 3. The quantitative estimate of drug-likeness (QED) is 0.877. The number of carbonyl (C=O) groups excluding carboxylic acids is 1. The lowest BCUT2D eigenvalue weighted by atomic mass is 9.82. The Bertz CT molecular complexity index is 712. The topological polar surface area (TPSA) is 72.5 Å². The van der Waals surface area contributed by atoms with E-state index in [4.69, 9.17) is 9.15 Å². The van der Waals surface area contributed by atoms with Crippen molar-refractivity contribution in [1.82, 2.24) is 20.0 Å². The number of amides is 1. The predicted octanol–water partition coefficient (Wildman–Crippen LogP) is 1.02. The third-order valence-electron chi connectivity index (χ3n) is 5.23. The second-order valence-electron chi connectivity index (χ2n) is 7.08. The average molecular weight is 344 g/mol. The van der Waals surface area contributed by atoms with Crippen LogP contribution in [-0.4, -0.2) is 46.9 Å². The van der Waals surface area contributed by atoms with E-state index in [0.717, 1.165) is 32.0 Å². The van der Waals surface area contributed by atoms with Gasteiger partial charge in [0.15, 0.2) is 0 Å². The highest BCUT2D eigenvalue weighted by Gasteiger charge is 2.43. The zero-order chi connectivity index (χ0) is 17.2. The fraction of sp³-hybridized carbons (Fsp3) is 0.556. The first kappa shape index (κ1) is 16.4. The molecule has 0 unspecified atom stereocenters. The third-order valence-corrected chi connectivity index (χ3v) is 5.23. The molecule has 0 aliphatic carbocycles. The number of rotatable bonds is 5. The van der Waals surface area contributed by atoms with Crippen LogP contribution in [0.1, 0.15) is 11.3 Å². The highest BCUT2D eigenvalue weighted by Crippen LogP contribution is 2.34. The van der Waals surface area contributed by atoms with E-state index in [1.807, 2.05) is 36.3 Å². The lowest BCUT2D eigenvalue weighted by molar-refractivity contribution is -0.133. The summed E-state index contributed by atoms with van der Waals surface area (Å²) >= 11 is 0. The summed E-state index contributed by atoms with van der Waals surface area (Å²) in [5.74, 6) is 1.51. The Labute approximate surface area is 146 Å². The van der Waals surface area contributed by atoms with Gasteiger partial charge in [0.25, 0.3) is 0 Å². The molecule has 2 aromatic rings. The van der Waals surface area contributed by atoms with Crippen LogP contribution >= 0.6 is 0 Å². The van der Waals surface area contributed by atoms with Crippen LogP contribution in [0.5, 0.6) is 0 Å². The van der Waals surface area contributed by atoms with Crippen LogP contribution in [-0.2, 0) is 29.7 Å². The third kappa shape index (κ3) is 3.62. The molecule has 0 radical (unpaired) electrons. The average Bonchev–Trinajstić information content (AvgIpc) is 3.33. The fourth-order valence-electron chi connectivity index (χ4n) is 4.02. The van der Waals surface area contributed by atoms with Gasteiger partial charge in [-0.15, -0.1) is 0 Å². The lowest BCUT2D eigenvalue weighted by Crippen LogP contribution is -2.44. The van der Waals surface area contributed by atoms with E-state index in [1.54, 1.807) is 6.26 Å². The molecule has 0 saturated carbocycles. The lowest BCUT2D eigenvalue weighted by Gasteiger charge is -2.31. The molecule has 0 bridgehead atoms. The number of likely N-dealkylation sites (tertiary alicyclic amines) is 1. The molecule has 3 atom stereocenters. The summed E-state index contributed by atoms with van der Waals surface area (Å²) in [4.78, 5) is 15.1. The smallest absolute Gasteiger partial charge is 0.226 e. The number of hydrogen-bond donors (Lipinski definition) is 1. The van der Waals surface area contributed by atoms with E-state index in [-0.39, 0.29) is 11.8 Å². The summed E-state index contributed by atoms with van der Waals surface area (Å²) in [6.45, 7) is 4.46. The normalized spacial score (nSPS) is 26.5. The van der Waals surface area contributed by atoms with E-state index in [9.17, 15) is 4.79 Å². The number of hydrogen-bond acceptors (Lipinski definition) is 5. The van der Waals surface area contributed by atoms with Gasteiger partial charge in [-0.05, 0) is 24.0 Å². The van der Waals surface area contributed by atoms with Gasteiger partial charge in [0, 0.05) is 38.4 Å². The number of carbonyl (C=O) groups is 1. The summed E-state index contributed by atoms with van der Waals surface area (Å²) in [7, 11) is 1.93. The van der Waals surface area contributed by atoms with Crippen molar-refractivity contribution in [2.24, 2.45) is 24.8 Å². The van der Waals surface area contributed by atoms with Crippen molar-refractivity contribution in [2.45, 2.75) is 13.1 Å². The molecule has 4 rings (SSSR count). The van der Waals surface area contributed by atoms with Crippen LogP contribution in [0, 0.1) is 17.8 Å². The molecule has 2 aliphatic heterocycles. The van der Waals surface area contributed by atoms with Crippen LogP contribution in [0.4, 0.5) is 0 Å². The minimum Gasteiger partial charge on any atom is -0.467 e. The summed E-state index contributed by atoms with van der Waals surface area (Å²) < 4.78 is 12.8. The Morgan fingerprint density at radius 3 is 3.08 bits per heavy atom. The summed E-state index contributed by atoms with van der Waals surface area (Å²) in [5.41, 5.74) is 1.21. The molecular formula is C18H24N4O3. The first-order valence-corrected chi connectivity index (χ1v) is 8.77. The Balaban J connectivity index is 1.36. The number of aryl methyl sites for hydroxylation is 1. The number of nitrogens with one attached hydrogen (secondary N) is 1. The zero-order valence-corrected chi connectivity index (χ0v) is 14.4. The van der Waals surface area contributed by atoms with E-state index in [2.05, 4.69) is 15.3 Å². The largest absolute Gasteiger partial charge is 0.467 e. The maximum atomic E-state index is 12.6. The molecule has 0 aromatic carbocycles. The molecule has 4 heterocycles. The molecule has 2 aromatic heterocycles. The van der Waals surface area contributed by atoms with Crippen LogP contribution in [0.15, 0.2) is 35.2 Å². The molecule has 25 heavy (non-hydrogen) atoms. The molecule has 7 heteroatoms. The van der Waals surface area contributed by atoms with E-state index in [1.165, 1.54) is 5.56 Å². The molecular weight excluding hydrogens is 320 g/mol. The SMILES string of the molecule is Cn1cc(CN2C[C@@H]3COC[C@@H](C(=O)NCc4ccco4)[C@@H]3C2)cn1. The molecule has 7 nitrogen and oxygen atoms in total. The van der Waals surface area contributed by atoms with Gasteiger partial charge < -0.3 is 14.5 Å². The standard InChI is InChI=1S/C18H24N4O3/c1-21-7-13(5-20-21)8-22-9-14-11-24-12-17(16(14)10-22)18(23)19-6-15-3-2-4-25-15/h2-5,7,14,16-17H,6,8-12H2,1H3,(H,19,23)/t14-,16-,17-/m1/s1. The van der Waals surface area contributed by atoms with E-state index < -0.39 is 0 Å². The van der Waals surface area contributed by atoms with Crippen molar-refractivity contribution in [3.05, 3.63) is 42.1 Å². The van der Waals surface area contributed by atoms with Gasteiger partial charge in [0.2, 0.25) is 5.91 Å². The summed E-state index contributed by atoms with van der Waals surface area (Å²) in [5, 5.41) is 7.22. The van der Waals surface area contributed by atoms with Crippen LogP contribution in [0.3, 0.4) is 0 Å². The van der Waals surface area contributed by atoms with Crippen LogP contribution < -0.4 is 5.32 Å². The maximum Gasteiger partial charge on any atom is 0.226 e. The van der Waals surface area contributed by atoms with Gasteiger partial charge in [0.1, 0.15) is 5.76 Å². The molecule has 0 spiro atoms. The first-order chi connectivity index (χ1) is 12.2. The van der Waals surface area contributed by atoms with Crippen molar-refractivity contribution in [2.75, 3.05) is 26.3 Å². The molecule has 2 aliphatic rings. The monoisotopic (exact) mass is 344 g/mol. The minimum atomic E-state index is -0.0902. The predicted molar refractivity (Wildman–Crippen MR) is 90.3 cm³/mol. The van der Waals surface area contributed by atoms with Crippen molar-refractivity contribution in [1.29, 1.82) is 0 Å². The van der Waals surface area contributed by atoms with Gasteiger partial charge in [-0.3, -0.25) is 14.4 Å². The Kier molecular flexibility index (Phi) is 4.59. The molecule has 2 saturated heterocycles. The van der Waals surface area contributed by atoms with Crippen molar-refractivity contribution in [3.8, 4) is 0 Å². The number of aromatic nitrogens is 2. The highest BCUT2D eigenvalue weighted by molar-refractivity contribution is 5.79. The Morgan fingerprint density at radius 2 is 2.32 bits per heavy atom. The van der Waals surface area contributed by atoms with Gasteiger partial charge >= 0.3 is 0 Å². The van der Waals surface area contributed by atoms with Crippen LogP contribution in [0.25, 0.3) is 0 Å². The fourth-order valence-corrected chi connectivity index (χ4v) is 4.02. The highest BCUT2D eigenvalue weighted by atomic mass is 16.5. The summed E-state index contributed by atoms with van der Waals surface area (Å²) in [6.07, 6.45) is 5.58. The van der Waals surface area contributed by atoms with Gasteiger partial charge in [-0.2, -0.15) is 5.10 Å². The second-order valence-corrected chi connectivity index (χ2v) is 7.08. The van der Waals surface area contributed by atoms with E-state index in [0.29, 0.717) is 25.0 Å².